The summed E-state index contributed by atoms with van der Waals surface area (Å²) < 4.78 is 51.0. The largest absolute Gasteiger partial charge is 0.493 e. The molecule has 1 aromatic carbocycles. The Hall–Kier alpha value is -1.18. The van der Waals surface area contributed by atoms with Crippen molar-refractivity contribution in [2.45, 2.75) is 12.2 Å². The molecule has 1 heterocycles. The van der Waals surface area contributed by atoms with E-state index in [-0.39, 0.29) is 16.3 Å². The van der Waals surface area contributed by atoms with Crippen molar-refractivity contribution in [2.24, 2.45) is 0 Å². The molecule has 1 atom stereocenters. The molecule has 0 amide bonds. The minimum atomic E-state index is -4.43. The topological polar surface area (TPSA) is 33.7 Å². The van der Waals surface area contributed by atoms with Crippen molar-refractivity contribution in [3.05, 3.63) is 22.7 Å². The first-order valence-electron chi connectivity index (χ1n) is 6.82. The maximum Gasteiger partial charge on any atom is 0.408 e. The van der Waals surface area contributed by atoms with E-state index in [1.54, 1.807) is 0 Å². The van der Waals surface area contributed by atoms with Crippen LogP contribution in [0.4, 0.5) is 13.2 Å². The van der Waals surface area contributed by atoms with Gasteiger partial charge in [-0.2, -0.15) is 13.2 Å². The third kappa shape index (κ3) is 3.42. The fraction of sp³-hybridized carbons (Fsp3) is 0.571. The third-order valence-electron chi connectivity index (χ3n) is 3.64. The first kappa shape index (κ1) is 17.2. The SMILES string of the molecule is COc1ccc([C@H](N2CCNCC2)C(F)(F)F)c(Cl)c1OC. The molecule has 1 saturated heterocycles. The van der Waals surface area contributed by atoms with Gasteiger partial charge in [0.05, 0.1) is 19.2 Å². The average Bonchev–Trinajstić information content (AvgIpc) is 2.48. The molecule has 0 spiro atoms. The van der Waals surface area contributed by atoms with Crippen LogP contribution in [0.15, 0.2) is 12.1 Å². The first-order valence-corrected chi connectivity index (χ1v) is 7.19. The molecule has 0 aliphatic carbocycles. The highest BCUT2D eigenvalue weighted by atomic mass is 35.5. The monoisotopic (exact) mass is 338 g/mol. The minimum Gasteiger partial charge on any atom is -0.493 e. The maximum absolute atomic E-state index is 13.6. The molecule has 0 saturated carbocycles. The van der Waals surface area contributed by atoms with Crippen LogP contribution < -0.4 is 14.8 Å². The number of hydrogen-bond acceptors (Lipinski definition) is 4. The van der Waals surface area contributed by atoms with Crippen molar-refractivity contribution >= 4 is 11.6 Å². The number of ether oxygens (including phenoxy) is 2. The number of hydrogen-bond donors (Lipinski definition) is 1. The van der Waals surface area contributed by atoms with Gasteiger partial charge < -0.3 is 14.8 Å². The standard InChI is InChI=1S/C14H18ClF3N2O2/c1-21-10-4-3-9(11(15)12(10)22-2)13(14(16,17)18)20-7-5-19-6-8-20/h3-4,13,19H,5-8H2,1-2H3/t13-/m0/s1. The summed E-state index contributed by atoms with van der Waals surface area (Å²) in [7, 11) is 2.76. The number of nitrogens with zero attached hydrogens (tertiary/aromatic N) is 1. The third-order valence-corrected chi connectivity index (χ3v) is 4.03. The lowest BCUT2D eigenvalue weighted by molar-refractivity contribution is -0.187. The summed E-state index contributed by atoms with van der Waals surface area (Å²) in [6.07, 6.45) is -4.43. The van der Waals surface area contributed by atoms with Crippen LogP contribution in [-0.4, -0.2) is 51.5 Å². The molecule has 1 aliphatic heterocycles. The van der Waals surface area contributed by atoms with Crippen molar-refractivity contribution < 1.29 is 22.6 Å². The van der Waals surface area contributed by atoms with E-state index >= 15 is 0 Å². The van der Waals surface area contributed by atoms with Crippen LogP contribution in [0.3, 0.4) is 0 Å². The molecule has 0 bridgehead atoms. The number of halogens is 4. The number of rotatable bonds is 4. The van der Waals surface area contributed by atoms with E-state index in [0.717, 1.165) is 0 Å². The quantitative estimate of drug-likeness (QED) is 0.915. The predicted octanol–water partition coefficient (Wildman–Crippen LogP) is 2.87. The Morgan fingerprint density at radius 3 is 2.32 bits per heavy atom. The molecule has 4 nitrogen and oxygen atoms in total. The van der Waals surface area contributed by atoms with Gasteiger partial charge in [0.1, 0.15) is 6.04 Å². The molecule has 0 unspecified atom stereocenters. The van der Waals surface area contributed by atoms with Crippen LogP contribution in [0.1, 0.15) is 11.6 Å². The molecular formula is C14H18ClF3N2O2. The summed E-state index contributed by atoms with van der Waals surface area (Å²) in [5, 5.41) is 2.97. The van der Waals surface area contributed by atoms with E-state index in [1.165, 1.54) is 31.3 Å². The highest BCUT2D eigenvalue weighted by Gasteiger charge is 2.46. The molecule has 1 aliphatic rings. The van der Waals surface area contributed by atoms with Gasteiger partial charge in [-0.15, -0.1) is 0 Å². The van der Waals surface area contributed by atoms with Crippen LogP contribution in [0, 0.1) is 0 Å². The van der Waals surface area contributed by atoms with Crippen LogP contribution in [-0.2, 0) is 0 Å². The fourth-order valence-corrected chi connectivity index (χ4v) is 2.97. The number of benzene rings is 1. The molecule has 1 aromatic rings. The lowest BCUT2D eigenvalue weighted by atomic mass is 10.0. The Labute approximate surface area is 132 Å². The molecular weight excluding hydrogens is 321 g/mol. The molecule has 0 aromatic heterocycles. The summed E-state index contributed by atoms with van der Waals surface area (Å²) in [4.78, 5) is 1.38. The lowest BCUT2D eigenvalue weighted by Gasteiger charge is -2.36. The van der Waals surface area contributed by atoms with Crippen LogP contribution in [0.5, 0.6) is 11.5 Å². The van der Waals surface area contributed by atoms with Crippen molar-refractivity contribution in [2.75, 3.05) is 40.4 Å². The minimum absolute atomic E-state index is 0.0197. The summed E-state index contributed by atoms with van der Waals surface area (Å²) in [6.45, 7) is 1.62. The average molecular weight is 339 g/mol. The Morgan fingerprint density at radius 1 is 1.18 bits per heavy atom. The van der Waals surface area contributed by atoms with Gasteiger partial charge in [0, 0.05) is 31.7 Å². The molecule has 124 valence electrons. The molecule has 22 heavy (non-hydrogen) atoms. The predicted molar refractivity (Wildman–Crippen MR) is 77.8 cm³/mol. The van der Waals surface area contributed by atoms with Gasteiger partial charge in [0.2, 0.25) is 0 Å². The van der Waals surface area contributed by atoms with E-state index in [1.807, 2.05) is 0 Å². The molecule has 8 heteroatoms. The van der Waals surface area contributed by atoms with Crippen LogP contribution in [0.25, 0.3) is 0 Å². The van der Waals surface area contributed by atoms with Crippen LogP contribution >= 0.6 is 11.6 Å². The second-order valence-corrected chi connectivity index (χ2v) is 5.31. The molecule has 1 N–H and O–H groups in total. The zero-order chi connectivity index (χ0) is 16.3. The van der Waals surface area contributed by atoms with Crippen molar-refractivity contribution in [1.29, 1.82) is 0 Å². The molecule has 1 fully saturated rings. The smallest absolute Gasteiger partial charge is 0.408 e. The van der Waals surface area contributed by atoms with Gasteiger partial charge in [0.25, 0.3) is 0 Å². The van der Waals surface area contributed by atoms with Gasteiger partial charge in [-0.3, -0.25) is 4.90 Å². The van der Waals surface area contributed by atoms with E-state index < -0.39 is 12.2 Å². The zero-order valence-corrected chi connectivity index (χ0v) is 13.1. The normalized spacial score (nSPS) is 18.1. The van der Waals surface area contributed by atoms with E-state index in [4.69, 9.17) is 21.1 Å². The Balaban J connectivity index is 2.48. The van der Waals surface area contributed by atoms with E-state index in [2.05, 4.69) is 5.32 Å². The van der Waals surface area contributed by atoms with E-state index in [0.29, 0.717) is 31.9 Å². The van der Waals surface area contributed by atoms with Crippen molar-refractivity contribution in [3.63, 3.8) is 0 Å². The van der Waals surface area contributed by atoms with Gasteiger partial charge in [-0.25, -0.2) is 0 Å². The summed E-state index contributed by atoms with van der Waals surface area (Å²) in [5.41, 5.74) is -0.0197. The lowest BCUT2D eigenvalue weighted by Crippen LogP contribution is -2.49. The van der Waals surface area contributed by atoms with Crippen molar-refractivity contribution in [3.8, 4) is 11.5 Å². The number of piperazine rings is 1. The Kier molecular flexibility index (Phi) is 5.41. The fourth-order valence-electron chi connectivity index (χ4n) is 2.64. The van der Waals surface area contributed by atoms with Crippen molar-refractivity contribution in [1.82, 2.24) is 10.2 Å². The van der Waals surface area contributed by atoms with Gasteiger partial charge >= 0.3 is 6.18 Å². The molecule has 2 rings (SSSR count). The number of alkyl halides is 3. The Morgan fingerprint density at radius 2 is 1.82 bits per heavy atom. The second kappa shape index (κ2) is 6.93. The summed E-state index contributed by atoms with van der Waals surface area (Å²) >= 11 is 6.17. The van der Waals surface area contributed by atoms with Gasteiger partial charge in [0.15, 0.2) is 11.5 Å². The first-order chi connectivity index (χ1) is 10.4. The summed E-state index contributed by atoms with van der Waals surface area (Å²) in [5.74, 6) is 0.420. The zero-order valence-electron chi connectivity index (χ0n) is 12.3. The number of nitrogens with one attached hydrogen (secondary N) is 1. The highest BCUT2D eigenvalue weighted by molar-refractivity contribution is 6.33. The Bertz CT molecular complexity index is 520. The second-order valence-electron chi connectivity index (χ2n) is 4.93. The highest BCUT2D eigenvalue weighted by Crippen LogP contribution is 2.46. The van der Waals surface area contributed by atoms with Gasteiger partial charge in [-0.05, 0) is 6.07 Å². The molecule has 0 radical (unpaired) electrons. The van der Waals surface area contributed by atoms with Crippen LogP contribution in [0.2, 0.25) is 5.02 Å². The number of methoxy groups -OCH3 is 2. The van der Waals surface area contributed by atoms with E-state index in [9.17, 15) is 13.2 Å². The van der Waals surface area contributed by atoms with Gasteiger partial charge in [-0.1, -0.05) is 17.7 Å². The summed E-state index contributed by atoms with van der Waals surface area (Å²) in [6, 6.07) is 1.03. The maximum atomic E-state index is 13.6.